The molecule has 6 nitrogen and oxygen atoms in total. The monoisotopic (exact) mass is 398 g/mol. The summed E-state index contributed by atoms with van der Waals surface area (Å²) in [4.78, 5) is 15.6. The van der Waals surface area contributed by atoms with Gasteiger partial charge < -0.3 is 19.5 Å². The van der Waals surface area contributed by atoms with Crippen molar-refractivity contribution < 1.29 is 19.7 Å². The predicted octanol–water partition coefficient (Wildman–Crippen LogP) is 3.81. The molecular formula is C21H22N2O4S. The largest absolute Gasteiger partial charge is 0.489 e. The summed E-state index contributed by atoms with van der Waals surface area (Å²) in [5.41, 5.74) is 2.72. The van der Waals surface area contributed by atoms with Crippen LogP contribution in [0, 0.1) is 0 Å². The van der Waals surface area contributed by atoms with Crippen LogP contribution in [-0.4, -0.2) is 31.5 Å². The molecule has 3 rings (SSSR count). The summed E-state index contributed by atoms with van der Waals surface area (Å²) in [6.45, 7) is 2.81. The van der Waals surface area contributed by atoms with Gasteiger partial charge in [0.25, 0.3) is 0 Å². The summed E-state index contributed by atoms with van der Waals surface area (Å²) in [5.74, 6) is 0.613. The summed E-state index contributed by atoms with van der Waals surface area (Å²) >= 11 is 1.64. The fourth-order valence-electron chi connectivity index (χ4n) is 2.82. The van der Waals surface area contributed by atoms with Crippen molar-refractivity contribution in [3.8, 4) is 5.75 Å². The van der Waals surface area contributed by atoms with Crippen LogP contribution in [0.4, 0.5) is 0 Å². The number of carboxylic acids is 1. The fourth-order valence-corrected chi connectivity index (χ4v) is 3.54. The van der Waals surface area contributed by atoms with E-state index >= 15 is 0 Å². The minimum Gasteiger partial charge on any atom is -0.489 e. The van der Waals surface area contributed by atoms with Crippen LogP contribution in [0.25, 0.3) is 0 Å². The van der Waals surface area contributed by atoms with Gasteiger partial charge in [-0.3, -0.25) is 0 Å². The van der Waals surface area contributed by atoms with Crippen molar-refractivity contribution >= 4 is 17.7 Å². The Morgan fingerprint density at radius 1 is 1.18 bits per heavy atom. The molecule has 0 aliphatic carbocycles. The zero-order chi connectivity index (χ0) is 19.9. The van der Waals surface area contributed by atoms with Crippen molar-refractivity contribution in [3.63, 3.8) is 0 Å². The third-order valence-electron chi connectivity index (χ3n) is 4.24. The van der Waals surface area contributed by atoms with E-state index in [9.17, 15) is 15.0 Å². The predicted molar refractivity (Wildman–Crippen MR) is 108 cm³/mol. The lowest BCUT2D eigenvalue weighted by Gasteiger charge is -2.12. The Hall–Kier alpha value is -2.77. The Bertz CT molecular complexity index is 938. The van der Waals surface area contributed by atoms with E-state index in [-0.39, 0.29) is 18.8 Å². The van der Waals surface area contributed by atoms with Crippen molar-refractivity contribution in [2.45, 2.75) is 31.8 Å². The van der Waals surface area contributed by atoms with Gasteiger partial charge in [-0.1, -0.05) is 49.0 Å². The number of aliphatic hydroxyl groups is 1. The highest BCUT2D eigenvalue weighted by molar-refractivity contribution is 7.99. The average molecular weight is 398 g/mol. The van der Waals surface area contributed by atoms with Crippen LogP contribution in [0.15, 0.2) is 59.9 Å². The highest BCUT2D eigenvalue weighted by Crippen LogP contribution is 2.22. The lowest BCUT2D eigenvalue weighted by atomic mass is 10.1. The molecular weight excluding hydrogens is 376 g/mol. The maximum absolute atomic E-state index is 11.3. The summed E-state index contributed by atoms with van der Waals surface area (Å²) in [6.07, 6.45) is 1.70. The number of aromatic nitrogens is 2. The number of nitrogens with zero attached hydrogens (tertiary/aromatic N) is 2. The molecule has 0 fully saturated rings. The molecule has 28 heavy (non-hydrogen) atoms. The van der Waals surface area contributed by atoms with Crippen molar-refractivity contribution in [2.24, 2.45) is 0 Å². The van der Waals surface area contributed by atoms with Crippen LogP contribution in [0.3, 0.4) is 0 Å². The van der Waals surface area contributed by atoms with Gasteiger partial charge >= 0.3 is 5.97 Å². The standard InChI is InChI=1S/C21H22N2O4S/c1-2-28-21-22-11-17(13-24)23(21)12-15-7-9-18(10-8-15)27-14-16-5-3-4-6-19(16)20(25)26/h3-11,24H,2,12-14H2,1H3,(H,25,26). The molecule has 0 bridgehead atoms. The number of hydrogen-bond acceptors (Lipinski definition) is 5. The van der Waals surface area contributed by atoms with Gasteiger partial charge in [0.15, 0.2) is 5.16 Å². The fraction of sp³-hybridized carbons (Fsp3) is 0.238. The molecule has 2 aromatic carbocycles. The van der Waals surface area contributed by atoms with Gasteiger partial charge in [0.05, 0.1) is 24.1 Å². The number of imidazole rings is 1. The summed E-state index contributed by atoms with van der Waals surface area (Å²) in [6, 6.07) is 14.5. The van der Waals surface area contributed by atoms with Crippen LogP contribution < -0.4 is 4.74 Å². The van der Waals surface area contributed by atoms with Crippen LogP contribution in [0.1, 0.15) is 34.1 Å². The van der Waals surface area contributed by atoms with Crippen molar-refractivity contribution in [1.29, 1.82) is 0 Å². The maximum atomic E-state index is 11.3. The van der Waals surface area contributed by atoms with Gasteiger partial charge in [0, 0.05) is 12.1 Å². The molecule has 0 aliphatic heterocycles. The lowest BCUT2D eigenvalue weighted by Crippen LogP contribution is -2.07. The van der Waals surface area contributed by atoms with Crippen LogP contribution in [0.2, 0.25) is 0 Å². The quantitative estimate of drug-likeness (QED) is 0.533. The Kier molecular flexibility index (Phi) is 6.73. The van der Waals surface area contributed by atoms with Crippen molar-refractivity contribution in [2.75, 3.05) is 5.75 Å². The first-order valence-corrected chi connectivity index (χ1v) is 9.92. The van der Waals surface area contributed by atoms with E-state index in [4.69, 9.17) is 4.74 Å². The second kappa shape index (κ2) is 9.43. The van der Waals surface area contributed by atoms with Crippen LogP contribution in [0.5, 0.6) is 5.75 Å². The highest BCUT2D eigenvalue weighted by Gasteiger charge is 2.11. The highest BCUT2D eigenvalue weighted by atomic mass is 32.2. The van der Waals surface area contributed by atoms with Crippen molar-refractivity contribution in [1.82, 2.24) is 9.55 Å². The van der Waals surface area contributed by atoms with Gasteiger partial charge in [-0.25, -0.2) is 9.78 Å². The second-order valence-electron chi connectivity index (χ2n) is 6.10. The normalized spacial score (nSPS) is 10.8. The number of benzene rings is 2. The first-order chi connectivity index (χ1) is 13.6. The molecule has 0 radical (unpaired) electrons. The van der Waals surface area contributed by atoms with Gasteiger partial charge in [0.1, 0.15) is 12.4 Å². The van der Waals surface area contributed by atoms with Gasteiger partial charge in [-0.05, 0) is 29.5 Å². The molecule has 1 heterocycles. The molecule has 0 spiro atoms. The number of aromatic carboxylic acids is 1. The number of hydrogen-bond donors (Lipinski definition) is 2. The van der Waals surface area contributed by atoms with E-state index < -0.39 is 5.97 Å². The zero-order valence-corrected chi connectivity index (χ0v) is 16.4. The molecule has 0 atom stereocenters. The third kappa shape index (κ3) is 4.74. The van der Waals surface area contributed by atoms with Gasteiger partial charge in [0.2, 0.25) is 0 Å². The van der Waals surface area contributed by atoms with E-state index in [1.54, 1.807) is 42.2 Å². The SMILES string of the molecule is CCSc1ncc(CO)n1Cc1ccc(OCc2ccccc2C(=O)O)cc1. The first-order valence-electron chi connectivity index (χ1n) is 8.93. The number of ether oxygens (including phenoxy) is 1. The van der Waals surface area contributed by atoms with E-state index in [0.29, 0.717) is 17.9 Å². The van der Waals surface area contributed by atoms with Gasteiger partial charge in [-0.15, -0.1) is 0 Å². The lowest BCUT2D eigenvalue weighted by molar-refractivity contribution is 0.0694. The molecule has 0 unspecified atom stereocenters. The number of rotatable bonds is 9. The summed E-state index contributed by atoms with van der Waals surface area (Å²) in [5, 5.41) is 19.7. The van der Waals surface area contributed by atoms with Gasteiger partial charge in [-0.2, -0.15) is 0 Å². The summed E-state index contributed by atoms with van der Waals surface area (Å²) in [7, 11) is 0. The molecule has 7 heteroatoms. The molecule has 3 aromatic rings. The van der Waals surface area contributed by atoms with E-state index in [2.05, 4.69) is 11.9 Å². The topological polar surface area (TPSA) is 84.6 Å². The van der Waals surface area contributed by atoms with E-state index in [0.717, 1.165) is 22.2 Å². The number of aliphatic hydroxyl groups excluding tert-OH is 1. The molecule has 0 aliphatic rings. The van der Waals surface area contributed by atoms with Crippen LogP contribution in [-0.2, 0) is 19.8 Å². The molecule has 1 aromatic heterocycles. The zero-order valence-electron chi connectivity index (χ0n) is 15.5. The van der Waals surface area contributed by atoms with Crippen molar-refractivity contribution in [3.05, 3.63) is 77.1 Å². The molecule has 0 saturated carbocycles. The second-order valence-corrected chi connectivity index (χ2v) is 7.34. The van der Waals surface area contributed by atoms with E-state index in [1.165, 1.54) is 0 Å². The molecule has 146 valence electrons. The molecule has 0 saturated heterocycles. The average Bonchev–Trinajstić information content (AvgIpc) is 3.09. The van der Waals surface area contributed by atoms with E-state index in [1.807, 2.05) is 28.8 Å². The Labute approximate surface area is 167 Å². The summed E-state index contributed by atoms with van der Waals surface area (Å²) < 4.78 is 7.76. The minimum absolute atomic E-state index is 0.0541. The number of thioether (sulfide) groups is 1. The first kappa shape index (κ1) is 20.0. The van der Waals surface area contributed by atoms with Crippen LogP contribution >= 0.6 is 11.8 Å². The Morgan fingerprint density at radius 2 is 1.93 bits per heavy atom. The molecule has 2 N–H and O–H groups in total. The smallest absolute Gasteiger partial charge is 0.336 e. The maximum Gasteiger partial charge on any atom is 0.336 e. The Morgan fingerprint density at radius 3 is 2.61 bits per heavy atom. The number of carboxylic acid groups (broad SMARTS) is 1. The number of carbonyl (C=O) groups is 1. The Balaban J connectivity index is 1.68. The molecule has 0 amide bonds. The minimum atomic E-state index is -0.963. The third-order valence-corrected chi connectivity index (χ3v) is 5.12.